The zero-order chi connectivity index (χ0) is 11.3. The summed E-state index contributed by atoms with van der Waals surface area (Å²) in [6.45, 7) is 2.23. The fourth-order valence-corrected chi connectivity index (χ4v) is 1.23. The molecule has 0 fully saturated rings. The van der Waals surface area contributed by atoms with E-state index in [1.54, 1.807) is 14.0 Å². The van der Waals surface area contributed by atoms with Crippen LogP contribution in [0.1, 0.15) is 23.8 Å². The van der Waals surface area contributed by atoms with Gasteiger partial charge >= 0.3 is 0 Å². The second-order valence-corrected chi connectivity index (χ2v) is 3.38. The number of carbonyl (C=O) groups is 1. The highest BCUT2D eigenvalue weighted by Crippen LogP contribution is 2.12. The van der Waals surface area contributed by atoms with Crippen molar-refractivity contribution in [3.05, 3.63) is 29.8 Å². The molecule has 0 saturated heterocycles. The molecular formula is C11H14FNO2. The summed E-state index contributed by atoms with van der Waals surface area (Å²) in [5.74, 6) is -1.11. The highest BCUT2D eigenvalue weighted by molar-refractivity contribution is 5.96. The quantitative estimate of drug-likeness (QED) is 0.700. The molecule has 1 aromatic heterocycles. The SMILES string of the molecule is COCCC(C)C(=O)c1ncccc1F. The molecule has 0 aromatic carbocycles. The van der Waals surface area contributed by atoms with Crippen LogP contribution in [-0.4, -0.2) is 24.5 Å². The van der Waals surface area contributed by atoms with Crippen LogP contribution < -0.4 is 0 Å². The highest BCUT2D eigenvalue weighted by atomic mass is 19.1. The Labute approximate surface area is 88.3 Å². The van der Waals surface area contributed by atoms with E-state index in [1.165, 1.54) is 18.3 Å². The van der Waals surface area contributed by atoms with Crippen LogP contribution in [0.4, 0.5) is 4.39 Å². The van der Waals surface area contributed by atoms with Crippen LogP contribution in [0.25, 0.3) is 0 Å². The number of halogens is 1. The molecule has 0 aliphatic rings. The van der Waals surface area contributed by atoms with Gasteiger partial charge in [0.1, 0.15) is 5.69 Å². The summed E-state index contributed by atoms with van der Waals surface area (Å²) in [5.41, 5.74) is -0.0823. The van der Waals surface area contributed by atoms with E-state index in [9.17, 15) is 9.18 Å². The Balaban J connectivity index is 2.72. The van der Waals surface area contributed by atoms with Crippen LogP contribution in [0.3, 0.4) is 0 Å². The zero-order valence-corrected chi connectivity index (χ0v) is 8.87. The van der Waals surface area contributed by atoms with Gasteiger partial charge in [-0.05, 0) is 18.6 Å². The van der Waals surface area contributed by atoms with E-state index < -0.39 is 5.82 Å². The monoisotopic (exact) mass is 211 g/mol. The predicted octanol–water partition coefficient (Wildman–Crippen LogP) is 2.08. The lowest BCUT2D eigenvalue weighted by Gasteiger charge is -2.09. The first-order valence-corrected chi connectivity index (χ1v) is 4.80. The van der Waals surface area contributed by atoms with Gasteiger partial charge < -0.3 is 4.74 Å². The molecular weight excluding hydrogens is 197 g/mol. The second-order valence-electron chi connectivity index (χ2n) is 3.38. The van der Waals surface area contributed by atoms with Gasteiger partial charge in [0, 0.05) is 25.8 Å². The molecule has 0 bridgehead atoms. The molecule has 1 atom stereocenters. The molecule has 1 rings (SSSR count). The van der Waals surface area contributed by atoms with Crippen LogP contribution in [0.15, 0.2) is 18.3 Å². The Bertz CT molecular complexity index is 341. The maximum Gasteiger partial charge on any atom is 0.187 e. The largest absolute Gasteiger partial charge is 0.385 e. The Morgan fingerprint density at radius 1 is 1.67 bits per heavy atom. The Kier molecular flexibility index (Phi) is 4.37. The molecule has 82 valence electrons. The van der Waals surface area contributed by atoms with Crippen molar-refractivity contribution in [3.8, 4) is 0 Å². The third-order valence-corrected chi connectivity index (χ3v) is 2.19. The summed E-state index contributed by atoms with van der Waals surface area (Å²) < 4.78 is 18.1. The van der Waals surface area contributed by atoms with Gasteiger partial charge in [-0.15, -0.1) is 0 Å². The normalized spacial score (nSPS) is 12.5. The molecule has 0 spiro atoms. The Morgan fingerprint density at radius 2 is 2.40 bits per heavy atom. The summed E-state index contributed by atoms with van der Waals surface area (Å²) in [6.07, 6.45) is 1.99. The van der Waals surface area contributed by atoms with E-state index in [4.69, 9.17) is 4.74 Å². The van der Waals surface area contributed by atoms with E-state index in [1.807, 2.05) is 0 Å². The number of pyridine rings is 1. The number of methoxy groups -OCH3 is 1. The molecule has 1 heterocycles. The molecule has 0 radical (unpaired) electrons. The van der Waals surface area contributed by atoms with Gasteiger partial charge in [0.15, 0.2) is 11.6 Å². The fourth-order valence-electron chi connectivity index (χ4n) is 1.23. The maximum atomic E-state index is 13.2. The molecule has 0 amide bonds. The number of Topliss-reactive ketones (excluding diaryl/α,β-unsaturated/α-hetero) is 1. The third kappa shape index (κ3) is 3.09. The summed E-state index contributed by atoms with van der Waals surface area (Å²) in [5, 5.41) is 0. The second kappa shape index (κ2) is 5.56. The van der Waals surface area contributed by atoms with Crippen LogP contribution in [0.5, 0.6) is 0 Å². The number of nitrogens with zero attached hydrogens (tertiary/aromatic N) is 1. The third-order valence-electron chi connectivity index (χ3n) is 2.19. The number of ether oxygens (including phenoxy) is 1. The smallest absolute Gasteiger partial charge is 0.187 e. The fraction of sp³-hybridized carbons (Fsp3) is 0.455. The van der Waals surface area contributed by atoms with E-state index in [2.05, 4.69) is 4.98 Å². The highest BCUT2D eigenvalue weighted by Gasteiger charge is 2.19. The average molecular weight is 211 g/mol. The molecule has 1 unspecified atom stereocenters. The number of rotatable bonds is 5. The lowest BCUT2D eigenvalue weighted by atomic mass is 10.00. The molecule has 0 aliphatic carbocycles. The van der Waals surface area contributed by atoms with Gasteiger partial charge in [-0.25, -0.2) is 4.39 Å². The molecule has 15 heavy (non-hydrogen) atoms. The number of carbonyl (C=O) groups excluding carboxylic acids is 1. The summed E-state index contributed by atoms with van der Waals surface area (Å²) in [4.78, 5) is 15.5. The van der Waals surface area contributed by atoms with E-state index in [0.29, 0.717) is 13.0 Å². The van der Waals surface area contributed by atoms with Crippen molar-refractivity contribution < 1.29 is 13.9 Å². The molecule has 0 N–H and O–H groups in total. The van der Waals surface area contributed by atoms with E-state index in [0.717, 1.165) is 0 Å². The first-order valence-electron chi connectivity index (χ1n) is 4.80. The van der Waals surface area contributed by atoms with Gasteiger partial charge in [0.05, 0.1) is 0 Å². The molecule has 3 nitrogen and oxygen atoms in total. The van der Waals surface area contributed by atoms with Gasteiger partial charge in [-0.2, -0.15) is 0 Å². The van der Waals surface area contributed by atoms with Crippen molar-refractivity contribution in [1.82, 2.24) is 4.98 Å². The average Bonchev–Trinajstić information content (AvgIpc) is 2.25. The van der Waals surface area contributed by atoms with Crippen molar-refractivity contribution in [1.29, 1.82) is 0 Å². The minimum absolute atomic E-state index is 0.0823. The predicted molar refractivity (Wildman–Crippen MR) is 54.2 cm³/mol. The van der Waals surface area contributed by atoms with Gasteiger partial charge in [0.2, 0.25) is 0 Å². The van der Waals surface area contributed by atoms with Crippen molar-refractivity contribution in [3.63, 3.8) is 0 Å². The van der Waals surface area contributed by atoms with Crippen molar-refractivity contribution in [2.75, 3.05) is 13.7 Å². The van der Waals surface area contributed by atoms with Gasteiger partial charge in [-0.3, -0.25) is 9.78 Å². The van der Waals surface area contributed by atoms with Crippen molar-refractivity contribution in [2.24, 2.45) is 5.92 Å². The molecule has 4 heteroatoms. The topological polar surface area (TPSA) is 39.2 Å². The number of hydrogen-bond donors (Lipinski definition) is 0. The Hall–Kier alpha value is -1.29. The lowest BCUT2D eigenvalue weighted by Crippen LogP contribution is -2.16. The first kappa shape index (κ1) is 11.8. The first-order chi connectivity index (χ1) is 7.16. The molecule has 0 saturated carbocycles. The minimum Gasteiger partial charge on any atom is -0.385 e. The van der Waals surface area contributed by atoms with Crippen molar-refractivity contribution in [2.45, 2.75) is 13.3 Å². The van der Waals surface area contributed by atoms with Crippen LogP contribution in [-0.2, 0) is 4.74 Å². The summed E-state index contributed by atoms with van der Waals surface area (Å²) in [7, 11) is 1.57. The van der Waals surface area contributed by atoms with Crippen LogP contribution >= 0.6 is 0 Å². The van der Waals surface area contributed by atoms with Gasteiger partial charge in [0.25, 0.3) is 0 Å². The van der Waals surface area contributed by atoms with Gasteiger partial charge in [-0.1, -0.05) is 6.92 Å². The van der Waals surface area contributed by atoms with Crippen LogP contribution in [0, 0.1) is 11.7 Å². The Morgan fingerprint density at radius 3 is 3.00 bits per heavy atom. The maximum absolute atomic E-state index is 13.2. The van der Waals surface area contributed by atoms with E-state index in [-0.39, 0.29) is 17.4 Å². The van der Waals surface area contributed by atoms with E-state index >= 15 is 0 Å². The van der Waals surface area contributed by atoms with Crippen LogP contribution in [0.2, 0.25) is 0 Å². The summed E-state index contributed by atoms with van der Waals surface area (Å²) >= 11 is 0. The zero-order valence-electron chi connectivity index (χ0n) is 8.87. The number of hydrogen-bond acceptors (Lipinski definition) is 3. The molecule has 1 aromatic rings. The summed E-state index contributed by atoms with van der Waals surface area (Å²) in [6, 6.07) is 2.70. The number of aromatic nitrogens is 1. The standard InChI is InChI=1S/C11H14FNO2/c1-8(5-7-15-2)11(14)10-9(12)4-3-6-13-10/h3-4,6,8H,5,7H2,1-2H3. The van der Waals surface area contributed by atoms with Crippen molar-refractivity contribution >= 4 is 5.78 Å². The molecule has 0 aliphatic heterocycles. The number of ketones is 1. The lowest BCUT2D eigenvalue weighted by molar-refractivity contribution is 0.0884. The minimum atomic E-state index is -0.563.